The predicted octanol–water partition coefficient (Wildman–Crippen LogP) is 2.80. The number of aliphatic hydroxyl groups excluding tert-OH is 1. The number of nitrogens with zero attached hydrogens (tertiary/aromatic N) is 2. The van der Waals surface area contributed by atoms with Gasteiger partial charge in [-0.25, -0.2) is 4.68 Å². The largest absolute Gasteiger partial charge is 0.392 e. The van der Waals surface area contributed by atoms with E-state index in [-0.39, 0.29) is 6.61 Å². The quantitative estimate of drug-likeness (QED) is 0.880. The summed E-state index contributed by atoms with van der Waals surface area (Å²) >= 11 is 0. The van der Waals surface area contributed by atoms with Crippen molar-refractivity contribution in [2.45, 2.75) is 33.3 Å². The number of hydrogen-bond donors (Lipinski definition) is 1. The molecule has 0 aliphatic heterocycles. The molecule has 0 atom stereocenters. The summed E-state index contributed by atoms with van der Waals surface area (Å²) in [7, 11) is 0. The molecule has 1 aromatic carbocycles. The van der Waals surface area contributed by atoms with Gasteiger partial charge < -0.3 is 5.11 Å². The molecule has 0 aliphatic rings. The minimum absolute atomic E-state index is 0.0376. The van der Waals surface area contributed by atoms with Crippen molar-refractivity contribution >= 4 is 0 Å². The maximum Gasteiger partial charge on any atom is 0.0715 e. The zero-order chi connectivity index (χ0) is 12.4. The number of hydrogen-bond acceptors (Lipinski definition) is 2. The first-order valence-electron chi connectivity index (χ1n) is 5.88. The van der Waals surface area contributed by atoms with E-state index in [9.17, 15) is 0 Å². The summed E-state index contributed by atoms with van der Waals surface area (Å²) in [5, 5.41) is 13.4. The van der Waals surface area contributed by atoms with E-state index in [2.05, 4.69) is 43.2 Å². The Hall–Kier alpha value is -1.61. The monoisotopic (exact) mass is 230 g/mol. The van der Waals surface area contributed by atoms with Crippen LogP contribution < -0.4 is 0 Å². The third-order valence-electron chi connectivity index (χ3n) is 3.09. The van der Waals surface area contributed by atoms with Crippen LogP contribution >= 0.6 is 0 Å². The molecular formula is C14H18N2O. The van der Waals surface area contributed by atoms with Gasteiger partial charge in [0.1, 0.15) is 0 Å². The van der Waals surface area contributed by atoms with E-state index >= 15 is 0 Å². The fourth-order valence-electron chi connectivity index (χ4n) is 1.86. The fraction of sp³-hybridized carbons (Fsp3) is 0.357. The zero-order valence-corrected chi connectivity index (χ0v) is 10.5. The molecule has 3 nitrogen and oxygen atoms in total. The number of aromatic nitrogens is 2. The highest BCUT2D eigenvalue weighted by Crippen LogP contribution is 2.18. The fourth-order valence-corrected chi connectivity index (χ4v) is 1.86. The summed E-state index contributed by atoms with van der Waals surface area (Å²) < 4.78 is 1.86. The van der Waals surface area contributed by atoms with E-state index in [0.717, 1.165) is 16.9 Å². The molecule has 17 heavy (non-hydrogen) atoms. The van der Waals surface area contributed by atoms with Crippen molar-refractivity contribution in [3.05, 3.63) is 47.3 Å². The molecular weight excluding hydrogens is 212 g/mol. The van der Waals surface area contributed by atoms with Gasteiger partial charge in [-0.15, -0.1) is 0 Å². The van der Waals surface area contributed by atoms with Gasteiger partial charge in [0.15, 0.2) is 0 Å². The van der Waals surface area contributed by atoms with Crippen molar-refractivity contribution in [3.63, 3.8) is 0 Å². The van der Waals surface area contributed by atoms with Crippen molar-refractivity contribution < 1.29 is 5.11 Å². The molecule has 2 aromatic rings. The van der Waals surface area contributed by atoms with Gasteiger partial charge in [0.05, 0.1) is 18.5 Å². The maximum absolute atomic E-state index is 9.14. The molecule has 0 bridgehead atoms. The van der Waals surface area contributed by atoms with Crippen molar-refractivity contribution in [2.75, 3.05) is 0 Å². The average Bonchev–Trinajstić information content (AvgIpc) is 2.70. The summed E-state index contributed by atoms with van der Waals surface area (Å²) in [5.74, 6) is 0.538. The van der Waals surface area contributed by atoms with Crippen LogP contribution in [-0.4, -0.2) is 14.9 Å². The normalized spacial score (nSPS) is 11.1. The zero-order valence-electron chi connectivity index (χ0n) is 10.5. The lowest BCUT2D eigenvalue weighted by Gasteiger charge is -2.08. The lowest BCUT2D eigenvalue weighted by atomic mass is 10.0. The van der Waals surface area contributed by atoms with E-state index < -0.39 is 0 Å². The topological polar surface area (TPSA) is 38.1 Å². The summed E-state index contributed by atoms with van der Waals surface area (Å²) in [6.07, 6.45) is 1.71. The van der Waals surface area contributed by atoms with Crippen LogP contribution in [0.4, 0.5) is 0 Å². The molecule has 2 rings (SSSR count). The number of rotatable bonds is 3. The molecule has 3 heteroatoms. The Labute approximate surface area is 102 Å². The summed E-state index contributed by atoms with van der Waals surface area (Å²) in [5.41, 5.74) is 4.22. The summed E-state index contributed by atoms with van der Waals surface area (Å²) in [6, 6.07) is 8.38. The molecule has 1 aromatic heterocycles. The van der Waals surface area contributed by atoms with E-state index in [1.54, 1.807) is 6.20 Å². The summed E-state index contributed by atoms with van der Waals surface area (Å²) in [4.78, 5) is 0. The minimum Gasteiger partial charge on any atom is -0.392 e. The van der Waals surface area contributed by atoms with Crippen molar-refractivity contribution in [2.24, 2.45) is 0 Å². The molecule has 1 N–H and O–H groups in total. The SMILES string of the molecule is Cc1c(CO)cnn1-c1ccc(C(C)C)cc1. The second-order valence-electron chi connectivity index (χ2n) is 4.57. The standard InChI is InChI=1S/C14H18N2O/c1-10(2)12-4-6-14(7-5-12)16-11(3)13(9-17)8-15-16/h4-8,10,17H,9H2,1-3H3. The minimum atomic E-state index is 0.0376. The van der Waals surface area contributed by atoms with Crippen LogP contribution in [0, 0.1) is 6.92 Å². The van der Waals surface area contributed by atoms with Crippen LogP contribution in [0.3, 0.4) is 0 Å². The van der Waals surface area contributed by atoms with Gasteiger partial charge in [-0.2, -0.15) is 5.10 Å². The van der Waals surface area contributed by atoms with Crippen molar-refractivity contribution in [1.29, 1.82) is 0 Å². The van der Waals surface area contributed by atoms with Gasteiger partial charge in [-0.05, 0) is 30.5 Å². The molecule has 0 saturated carbocycles. The highest BCUT2D eigenvalue weighted by molar-refractivity contribution is 5.37. The highest BCUT2D eigenvalue weighted by Gasteiger charge is 2.07. The Balaban J connectivity index is 2.36. The molecule has 0 saturated heterocycles. The van der Waals surface area contributed by atoms with E-state index in [1.165, 1.54) is 5.56 Å². The lowest BCUT2D eigenvalue weighted by molar-refractivity contribution is 0.281. The number of benzene rings is 1. The van der Waals surface area contributed by atoms with Gasteiger partial charge in [0.25, 0.3) is 0 Å². The van der Waals surface area contributed by atoms with Gasteiger partial charge in [0.2, 0.25) is 0 Å². The Bertz CT molecular complexity index is 497. The molecule has 0 spiro atoms. The Morgan fingerprint density at radius 3 is 2.35 bits per heavy atom. The molecule has 0 fully saturated rings. The van der Waals surface area contributed by atoms with Gasteiger partial charge in [-0.3, -0.25) is 0 Å². The Morgan fingerprint density at radius 2 is 1.88 bits per heavy atom. The first kappa shape index (κ1) is 11.9. The maximum atomic E-state index is 9.14. The van der Waals surface area contributed by atoms with E-state index in [0.29, 0.717) is 5.92 Å². The summed E-state index contributed by atoms with van der Waals surface area (Å²) in [6.45, 7) is 6.36. The second kappa shape index (κ2) is 4.72. The molecule has 90 valence electrons. The van der Waals surface area contributed by atoms with Crippen LogP contribution in [0.5, 0.6) is 0 Å². The highest BCUT2D eigenvalue weighted by atomic mass is 16.3. The number of aliphatic hydroxyl groups is 1. The molecule has 0 aliphatic carbocycles. The first-order chi connectivity index (χ1) is 8.13. The molecule has 0 unspecified atom stereocenters. The third-order valence-corrected chi connectivity index (χ3v) is 3.09. The van der Waals surface area contributed by atoms with Crippen LogP contribution in [-0.2, 0) is 6.61 Å². The van der Waals surface area contributed by atoms with Crippen molar-refractivity contribution in [3.8, 4) is 5.69 Å². The molecule has 0 radical (unpaired) electrons. The molecule has 0 amide bonds. The predicted molar refractivity (Wildman–Crippen MR) is 68.3 cm³/mol. The van der Waals surface area contributed by atoms with Crippen LogP contribution in [0.25, 0.3) is 5.69 Å². The van der Waals surface area contributed by atoms with Gasteiger partial charge in [-0.1, -0.05) is 26.0 Å². The van der Waals surface area contributed by atoms with Crippen molar-refractivity contribution in [1.82, 2.24) is 9.78 Å². The first-order valence-corrected chi connectivity index (χ1v) is 5.88. The smallest absolute Gasteiger partial charge is 0.0715 e. The average molecular weight is 230 g/mol. The van der Waals surface area contributed by atoms with Crippen LogP contribution in [0.2, 0.25) is 0 Å². The van der Waals surface area contributed by atoms with Crippen LogP contribution in [0.15, 0.2) is 30.5 Å². The molecule has 1 heterocycles. The van der Waals surface area contributed by atoms with Gasteiger partial charge in [0, 0.05) is 11.3 Å². The Kier molecular flexibility index (Phi) is 3.29. The second-order valence-corrected chi connectivity index (χ2v) is 4.57. The lowest BCUT2D eigenvalue weighted by Crippen LogP contribution is -2.00. The van der Waals surface area contributed by atoms with Gasteiger partial charge >= 0.3 is 0 Å². The van der Waals surface area contributed by atoms with E-state index in [4.69, 9.17) is 5.11 Å². The van der Waals surface area contributed by atoms with E-state index in [1.807, 2.05) is 11.6 Å². The third kappa shape index (κ3) is 2.24. The Morgan fingerprint density at radius 1 is 1.24 bits per heavy atom. The van der Waals surface area contributed by atoms with Crippen LogP contribution in [0.1, 0.15) is 36.6 Å².